The molecule has 30 heavy (non-hydrogen) atoms. The quantitative estimate of drug-likeness (QED) is 0.344. The largest absolute Gasteiger partial charge is 0.352 e. The Morgan fingerprint density at radius 3 is 2.47 bits per heavy atom. The number of rotatable bonds is 7. The molecule has 2 aromatic carbocycles. The van der Waals surface area contributed by atoms with E-state index in [9.17, 15) is 4.79 Å². The van der Waals surface area contributed by atoms with Crippen LogP contribution in [-0.2, 0) is 4.79 Å². The van der Waals surface area contributed by atoms with Gasteiger partial charge in [-0.25, -0.2) is 0 Å². The summed E-state index contributed by atoms with van der Waals surface area (Å²) >= 11 is 13.9. The molecule has 1 amide bonds. The summed E-state index contributed by atoms with van der Waals surface area (Å²) in [5.74, 6) is 1.52. The Balaban J connectivity index is 1.80. The van der Waals surface area contributed by atoms with Crippen LogP contribution in [0.5, 0.6) is 0 Å². The summed E-state index contributed by atoms with van der Waals surface area (Å²) in [6.07, 6.45) is 1.21. The predicted molar refractivity (Wildman–Crippen MR) is 125 cm³/mol. The number of carbonyl (C=O) groups is 1. The summed E-state index contributed by atoms with van der Waals surface area (Å²) in [6.45, 7) is 5.93. The molecule has 0 spiro atoms. The lowest BCUT2D eigenvalue weighted by atomic mass is 10.1. The van der Waals surface area contributed by atoms with E-state index in [1.54, 1.807) is 23.9 Å². The maximum atomic E-state index is 12.0. The summed E-state index contributed by atoms with van der Waals surface area (Å²) in [5, 5.41) is 13.5. The molecule has 0 radical (unpaired) electrons. The molecule has 1 aromatic heterocycles. The van der Waals surface area contributed by atoms with Crippen LogP contribution in [0.4, 0.5) is 0 Å². The molecule has 0 saturated carbocycles. The van der Waals surface area contributed by atoms with Gasteiger partial charge < -0.3 is 5.32 Å². The van der Waals surface area contributed by atoms with Crippen molar-refractivity contribution in [3.63, 3.8) is 0 Å². The molecule has 1 heterocycles. The summed E-state index contributed by atoms with van der Waals surface area (Å²) in [7, 11) is 0. The van der Waals surface area contributed by atoms with E-state index in [1.165, 1.54) is 0 Å². The van der Waals surface area contributed by atoms with Gasteiger partial charge in [-0.2, -0.15) is 0 Å². The molecule has 8 heteroatoms. The van der Waals surface area contributed by atoms with Gasteiger partial charge in [-0.05, 0) is 45.4 Å². The zero-order valence-corrected chi connectivity index (χ0v) is 19.5. The highest BCUT2D eigenvalue weighted by molar-refractivity contribution is 7.99. The number of nitrogens with one attached hydrogen (secondary N) is 1. The zero-order valence-electron chi connectivity index (χ0n) is 17.2. The van der Waals surface area contributed by atoms with Crippen molar-refractivity contribution < 1.29 is 4.79 Å². The van der Waals surface area contributed by atoms with Gasteiger partial charge in [0.2, 0.25) is 5.91 Å². The van der Waals surface area contributed by atoms with Gasteiger partial charge in [0.15, 0.2) is 11.0 Å². The van der Waals surface area contributed by atoms with Gasteiger partial charge in [-0.3, -0.25) is 9.36 Å². The third kappa shape index (κ3) is 6.00. The van der Waals surface area contributed by atoms with E-state index in [0.717, 1.165) is 34.4 Å². The second-order valence-electron chi connectivity index (χ2n) is 7.86. The van der Waals surface area contributed by atoms with Gasteiger partial charge in [0.05, 0.1) is 15.7 Å². The van der Waals surface area contributed by atoms with E-state index in [0.29, 0.717) is 16.5 Å². The number of hydrogen-bond donors (Lipinski definition) is 1. The molecule has 5 nitrogen and oxygen atoms in total. The SMILES string of the molecule is CC(C)(C)NC(=O)CCCSc1nnc(-c2ccccc2)n1-c1ccc(Cl)c(Cl)c1. The van der Waals surface area contributed by atoms with Crippen LogP contribution in [0.25, 0.3) is 17.1 Å². The average Bonchev–Trinajstić information content (AvgIpc) is 3.10. The topological polar surface area (TPSA) is 59.8 Å². The first-order valence-corrected chi connectivity index (χ1v) is 11.4. The maximum Gasteiger partial charge on any atom is 0.220 e. The average molecular weight is 463 g/mol. The minimum Gasteiger partial charge on any atom is -0.352 e. The maximum absolute atomic E-state index is 12.0. The van der Waals surface area contributed by atoms with Crippen molar-refractivity contribution in [3.8, 4) is 17.1 Å². The summed E-state index contributed by atoms with van der Waals surface area (Å²) in [5.41, 5.74) is 1.57. The van der Waals surface area contributed by atoms with Crippen LogP contribution in [-0.4, -0.2) is 32.0 Å². The van der Waals surface area contributed by atoms with E-state index >= 15 is 0 Å². The second kappa shape index (κ2) is 9.86. The number of benzene rings is 2. The van der Waals surface area contributed by atoms with Crippen molar-refractivity contribution >= 4 is 40.9 Å². The Labute approximate surface area is 191 Å². The monoisotopic (exact) mass is 462 g/mol. The van der Waals surface area contributed by atoms with Crippen LogP contribution < -0.4 is 5.32 Å². The molecule has 0 aliphatic heterocycles. The first kappa shape index (κ1) is 22.7. The predicted octanol–water partition coefficient (Wildman–Crippen LogP) is 6.03. The lowest BCUT2D eigenvalue weighted by Crippen LogP contribution is -2.40. The first-order chi connectivity index (χ1) is 14.2. The van der Waals surface area contributed by atoms with Crippen molar-refractivity contribution in [1.82, 2.24) is 20.1 Å². The Hall–Kier alpha value is -2.02. The van der Waals surface area contributed by atoms with Crippen molar-refractivity contribution in [1.29, 1.82) is 0 Å². The van der Waals surface area contributed by atoms with Crippen molar-refractivity contribution in [3.05, 3.63) is 58.6 Å². The van der Waals surface area contributed by atoms with Crippen LogP contribution in [0.2, 0.25) is 10.0 Å². The minimum atomic E-state index is -0.219. The minimum absolute atomic E-state index is 0.0547. The standard InChI is InChI=1S/C22H24Cl2N4OS/c1-22(2,3)25-19(29)10-7-13-30-21-27-26-20(15-8-5-4-6-9-15)28(21)16-11-12-17(23)18(24)14-16/h4-6,8-9,11-12,14H,7,10,13H2,1-3H3,(H,25,29). The Morgan fingerprint density at radius 2 is 1.80 bits per heavy atom. The van der Waals surface area contributed by atoms with E-state index < -0.39 is 0 Å². The van der Waals surface area contributed by atoms with Crippen molar-refractivity contribution in [2.45, 2.75) is 44.3 Å². The number of aromatic nitrogens is 3. The number of carbonyl (C=O) groups excluding carboxylic acids is 1. The van der Waals surface area contributed by atoms with Gasteiger partial charge >= 0.3 is 0 Å². The third-order valence-electron chi connectivity index (χ3n) is 4.12. The molecular formula is C22H24Cl2N4OS. The van der Waals surface area contributed by atoms with Crippen LogP contribution in [0.1, 0.15) is 33.6 Å². The van der Waals surface area contributed by atoms with Crippen molar-refractivity contribution in [2.24, 2.45) is 0 Å². The molecule has 0 atom stereocenters. The fraction of sp³-hybridized carbons (Fsp3) is 0.318. The van der Waals surface area contributed by atoms with Gasteiger partial charge in [0, 0.05) is 23.3 Å². The highest BCUT2D eigenvalue weighted by atomic mass is 35.5. The molecule has 0 aliphatic rings. The van der Waals surface area contributed by atoms with E-state index in [1.807, 2.05) is 61.7 Å². The molecule has 3 aromatic rings. The zero-order chi connectivity index (χ0) is 21.7. The normalized spacial score (nSPS) is 11.5. The van der Waals surface area contributed by atoms with E-state index in [-0.39, 0.29) is 11.4 Å². The number of halogens is 2. The second-order valence-corrected chi connectivity index (χ2v) is 9.73. The van der Waals surface area contributed by atoms with E-state index in [4.69, 9.17) is 23.2 Å². The van der Waals surface area contributed by atoms with Crippen LogP contribution in [0.15, 0.2) is 53.7 Å². The van der Waals surface area contributed by atoms with Gasteiger partial charge in [0.25, 0.3) is 0 Å². The van der Waals surface area contributed by atoms with Crippen LogP contribution in [0.3, 0.4) is 0 Å². The molecule has 3 rings (SSSR count). The first-order valence-electron chi connectivity index (χ1n) is 9.65. The number of thioether (sulfide) groups is 1. The Morgan fingerprint density at radius 1 is 1.07 bits per heavy atom. The number of hydrogen-bond acceptors (Lipinski definition) is 4. The third-order valence-corrected chi connectivity index (χ3v) is 5.87. The smallest absolute Gasteiger partial charge is 0.220 e. The number of nitrogens with zero attached hydrogens (tertiary/aromatic N) is 3. The lowest BCUT2D eigenvalue weighted by Gasteiger charge is -2.20. The van der Waals surface area contributed by atoms with Crippen LogP contribution >= 0.6 is 35.0 Å². The molecule has 0 bridgehead atoms. The molecule has 0 aliphatic carbocycles. The van der Waals surface area contributed by atoms with Crippen molar-refractivity contribution in [2.75, 3.05) is 5.75 Å². The van der Waals surface area contributed by atoms with Gasteiger partial charge in [-0.1, -0.05) is 65.3 Å². The van der Waals surface area contributed by atoms with Crippen LogP contribution in [0, 0.1) is 0 Å². The number of amides is 1. The molecule has 1 N–H and O–H groups in total. The molecular weight excluding hydrogens is 439 g/mol. The molecule has 0 saturated heterocycles. The fourth-order valence-electron chi connectivity index (χ4n) is 2.87. The van der Waals surface area contributed by atoms with E-state index in [2.05, 4.69) is 15.5 Å². The Kier molecular flexibility index (Phi) is 7.45. The van der Waals surface area contributed by atoms with Gasteiger partial charge in [0.1, 0.15) is 0 Å². The molecule has 158 valence electrons. The highest BCUT2D eigenvalue weighted by Crippen LogP contribution is 2.31. The highest BCUT2D eigenvalue weighted by Gasteiger charge is 2.17. The summed E-state index contributed by atoms with van der Waals surface area (Å²) in [6, 6.07) is 15.3. The van der Waals surface area contributed by atoms with Gasteiger partial charge in [-0.15, -0.1) is 10.2 Å². The summed E-state index contributed by atoms with van der Waals surface area (Å²) < 4.78 is 1.97. The molecule has 0 unspecified atom stereocenters. The lowest BCUT2D eigenvalue weighted by molar-refractivity contribution is -0.122. The Bertz CT molecular complexity index is 1020. The fourth-order valence-corrected chi connectivity index (χ4v) is 4.05. The molecule has 0 fully saturated rings. The summed E-state index contributed by atoms with van der Waals surface area (Å²) in [4.78, 5) is 12.0.